The first-order chi connectivity index (χ1) is 10.7. The third kappa shape index (κ3) is 2.34. The normalized spacial score (nSPS) is 11.2. The Morgan fingerprint density at radius 2 is 2.09 bits per heavy atom. The van der Waals surface area contributed by atoms with Gasteiger partial charge in [-0.25, -0.2) is 4.98 Å². The number of carbonyl (C=O) groups is 1. The molecule has 1 aromatic carbocycles. The smallest absolute Gasteiger partial charge is 0.182 e. The number of benzene rings is 1. The van der Waals surface area contributed by atoms with E-state index in [0.717, 1.165) is 35.1 Å². The highest BCUT2D eigenvalue weighted by Gasteiger charge is 2.14. The van der Waals surface area contributed by atoms with Gasteiger partial charge in [0.2, 0.25) is 0 Å². The minimum atomic E-state index is 0.0866. The molecule has 2 heterocycles. The number of nitrogens with zero attached hydrogens (tertiary/aromatic N) is 2. The number of hydrogen-bond acceptors (Lipinski definition) is 3. The fourth-order valence-corrected chi connectivity index (χ4v) is 2.75. The molecule has 0 saturated heterocycles. The minimum absolute atomic E-state index is 0.0866. The Labute approximate surface area is 129 Å². The van der Waals surface area contributed by atoms with Crippen molar-refractivity contribution in [3.8, 4) is 5.75 Å². The molecular formula is C18H20N2O2. The molecule has 3 rings (SSSR count). The molecule has 22 heavy (non-hydrogen) atoms. The summed E-state index contributed by atoms with van der Waals surface area (Å²) in [6, 6.07) is 8.21. The number of ketones is 1. The summed E-state index contributed by atoms with van der Waals surface area (Å²) in [6.07, 6.45) is 4.16. The third-order valence-electron chi connectivity index (χ3n) is 3.97. The predicted molar refractivity (Wildman–Crippen MR) is 87.9 cm³/mol. The zero-order valence-electron chi connectivity index (χ0n) is 13.2. The average molecular weight is 296 g/mol. The molecule has 2 aromatic heterocycles. The summed E-state index contributed by atoms with van der Waals surface area (Å²) in [5.74, 6) is 0.876. The fourth-order valence-electron chi connectivity index (χ4n) is 2.75. The highest BCUT2D eigenvalue weighted by atomic mass is 16.5. The Morgan fingerprint density at radius 3 is 2.77 bits per heavy atom. The topological polar surface area (TPSA) is 43.6 Å². The maximum Gasteiger partial charge on any atom is 0.182 e. The molecule has 3 aromatic rings. The van der Waals surface area contributed by atoms with Gasteiger partial charge < -0.3 is 4.74 Å². The first-order valence-corrected chi connectivity index (χ1v) is 7.69. The molecule has 0 atom stereocenters. The molecule has 0 saturated carbocycles. The van der Waals surface area contributed by atoms with Gasteiger partial charge in [0, 0.05) is 24.1 Å². The maximum atomic E-state index is 12.1. The van der Waals surface area contributed by atoms with Crippen LogP contribution in [0.3, 0.4) is 0 Å². The van der Waals surface area contributed by atoms with Gasteiger partial charge in [-0.2, -0.15) is 0 Å². The van der Waals surface area contributed by atoms with Crippen molar-refractivity contribution >= 4 is 22.3 Å². The number of rotatable bonds is 5. The lowest BCUT2D eigenvalue weighted by Gasteiger charge is -2.09. The number of Topliss-reactive ketones (excluding diaryl/α,β-unsaturated/α-hetero) is 1. The van der Waals surface area contributed by atoms with Crippen LogP contribution in [0.5, 0.6) is 5.75 Å². The molecule has 0 spiro atoms. The second-order valence-corrected chi connectivity index (χ2v) is 5.45. The van der Waals surface area contributed by atoms with Crippen LogP contribution in [-0.2, 0) is 6.42 Å². The van der Waals surface area contributed by atoms with Crippen LogP contribution in [0, 0.1) is 0 Å². The first kappa shape index (κ1) is 14.6. The van der Waals surface area contributed by atoms with Gasteiger partial charge in [-0.1, -0.05) is 19.9 Å². The number of hydrogen-bond donors (Lipinski definition) is 0. The van der Waals surface area contributed by atoms with Gasteiger partial charge in [0.15, 0.2) is 5.78 Å². The van der Waals surface area contributed by atoms with Crippen molar-refractivity contribution in [1.29, 1.82) is 0 Å². The second-order valence-electron chi connectivity index (χ2n) is 5.45. The number of pyridine rings is 1. The van der Waals surface area contributed by atoms with Crippen molar-refractivity contribution < 1.29 is 9.53 Å². The Hall–Kier alpha value is -2.36. The van der Waals surface area contributed by atoms with Crippen LogP contribution in [-0.4, -0.2) is 22.3 Å². The van der Waals surface area contributed by atoms with Crippen molar-refractivity contribution in [2.45, 2.75) is 33.1 Å². The molecule has 0 bridgehead atoms. The number of fused-ring (bicyclic) bond motifs is 3. The average Bonchev–Trinajstić information content (AvgIpc) is 2.97. The van der Waals surface area contributed by atoms with Gasteiger partial charge in [-0.15, -0.1) is 0 Å². The van der Waals surface area contributed by atoms with E-state index < -0.39 is 0 Å². The van der Waals surface area contributed by atoms with E-state index in [4.69, 9.17) is 4.74 Å². The van der Waals surface area contributed by atoms with Gasteiger partial charge >= 0.3 is 0 Å². The van der Waals surface area contributed by atoms with Gasteiger partial charge in [-0.05, 0) is 30.5 Å². The number of imidazole rings is 1. The van der Waals surface area contributed by atoms with Crippen LogP contribution < -0.4 is 4.74 Å². The molecule has 0 aliphatic carbocycles. The molecular weight excluding hydrogens is 276 g/mol. The number of methoxy groups -OCH3 is 1. The Kier molecular flexibility index (Phi) is 3.84. The van der Waals surface area contributed by atoms with E-state index in [9.17, 15) is 4.79 Å². The van der Waals surface area contributed by atoms with E-state index in [2.05, 4.69) is 30.1 Å². The van der Waals surface area contributed by atoms with Crippen LogP contribution in [0.1, 0.15) is 42.7 Å². The van der Waals surface area contributed by atoms with Crippen molar-refractivity contribution in [1.82, 2.24) is 9.38 Å². The minimum Gasteiger partial charge on any atom is -0.496 e. The highest BCUT2D eigenvalue weighted by Crippen LogP contribution is 2.29. The van der Waals surface area contributed by atoms with Crippen molar-refractivity contribution in [2.24, 2.45) is 0 Å². The lowest BCUT2D eigenvalue weighted by atomic mass is 10.1. The molecule has 0 amide bonds. The number of aryl methyl sites for hydroxylation is 1. The second kappa shape index (κ2) is 5.79. The third-order valence-corrected chi connectivity index (χ3v) is 3.97. The van der Waals surface area contributed by atoms with E-state index in [-0.39, 0.29) is 5.78 Å². The molecule has 4 nitrogen and oxygen atoms in total. The zero-order valence-corrected chi connectivity index (χ0v) is 13.2. The fraction of sp³-hybridized carbons (Fsp3) is 0.333. The van der Waals surface area contributed by atoms with E-state index in [1.54, 1.807) is 7.11 Å². The van der Waals surface area contributed by atoms with E-state index in [1.807, 2.05) is 23.6 Å². The Morgan fingerprint density at radius 1 is 1.27 bits per heavy atom. The molecule has 0 fully saturated rings. The van der Waals surface area contributed by atoms with Gasteiger partial charge in [-0.3, -0.25) is 9.20 Å². The summed E-state index contributed by atoms with van der Waals surface area (Å²) < 4.78 is 7.49. The van der Waals surface area contributed by atoms with Crippen LogP contribution in [0.25, 0.3) is 16.6 Å². The SMILES string of the molecule is CCCC(=O)c1cn2c(cc(OC)c3cc(CC)ccc32)n1. The first-order valence-electron chi connectivity index (χ1n) is 7.69. The quantitative estimate of drug-likeness (QED) is 0.667. The summed E-state index contributed by atoms with van der Waals surface area (Å²) in [5, 5.41) is 1.04. The number of ether oxygens (including phenoxy) is 1. The Balaban J connectivity index is 2.27. The maximum absolute atomic E-state index is 12.1. The monoisotopic (exact) mass is 296 g/mol. The van der Waals surface area contributed by atoms with Crippen molar-refractivity contribution in [2.75, 3.05) is 7.11 Å². The zero-order chi connectivity index (χ0) is 15.7. The lowest BCUT2D eigenvalue weighted by Crippen LogP contribution is -1.97. The van der Waals surface area contributed by atoms with Gasteiger partial charge in [0.25, 0.3) is 0 Å². The number of aromatic nitrogens is 2. The van der Waals surface area contributed by atoms with Crippen molar-refractivity contribution in [3.05, 3.63) is 41.7 Å². The van der Waals surface area contributed by atoms with E-state index in [0.29, 0.717) is 12.1 Å². The largest absolute Gasteiger partial charge is 0.496 e. The van der Waals surface area contributed by atoms with Gasteiger partial charge in [0.1, 0.15) is 17.1 Å². The molecule has 0 aliphatic heterocycles. The molecule has 0 aliphatic rings. The summed E-state index contributed by atoms with van der Waals surface area (Å²) in [7, 11) is 1.66. The molecule has 0 unspecified atom stereocenters. The Bertz CT molecular complexity index is 849. The highest BCUT2D eigenvalue weighted by molar-refractivity contribution is 5.96. The summed E-state index contributed by atoms with van der Waals surface area (Å²) in [5.41, 5.74) is 3.53. The molecule has 0 N–H and O–H groups in total. The molecule has 4 heteroatoms. The van der Waals surface area contributed by atoms with Crippen LogP contribution in [0.4, 0.5) is 0 Å². The molecule has 114 valence electrons. The molecule has 0 radical (unpaired) electrons. The summed E-state index contributed by atoms with van der Waals surface area (Å²) >= 11 is 0. The predicted octanol–water partition coefficient (Wildman–Crippen LogP) is 4.04. The van der Waals surface area contributed by atoms with Crippen LogP contribution >= 0.6 is 0 Å². The summed E-state index contributed by atoms with van der Waals surface area (Å²) in [6.45, 7) is 4.13. The lowest BCUT2D eigenvalue weighted by molar-refractivity contribution is 0.0977. The standard InChI is InChI=1S/C18H20N2O2/c1-4-6-16(21)14-11-20-15-8-7-12(5-2)9-13(15)17(22-3)10-18(20)19-14/h7-11H,4-6H2,1-3H3. The van der Waals surface area contributed by atoms with Crippen molar-refractivity contribution in [3.63, 3.8) is 0 Å². The van der Waals surface area contributed by atoms with Crippen LogP contribution in [0.15, 0.2) is 30.5 Å². The van der Waals surface area contributed by atoms with E-state index >= 15 is 0 Å². The summed E-state index contributed by atoms with van der Waals surface area (Å²) in [4.78, 5) is 16.6. The van der Waals surface area contributed by atoms with Gasteiger partial charge in [0.05, 0.1) is 12.6 Å². The van der Waals surface area contributed by atoms with Crippen LogP contribution in [0.2, 0.25) is 0 Å². The van der Waals surface area contributed by atoms with E-state index in [1.165, 1.54) is 5.56 Å². The number of carbonyl (C=O) groups excluding carboxylic acids is 1.